The molecule has 0 aromatic carbocycles. The van der Waals surface area contributed by atoms with Gasteiger partial charge in [-0.1, -0.05) is 6.92 Å². The molecule has 1 unspecified atom stereocenters. The molecule has 0 saturated heterocycles. The normalized spacial score (nSPS) is 12.2. The Labute approximate surface area is 99.6 Å². The molecule has 5 heteroatoms. The van der Waals surface area contributed by atoms with Crippen molar-refractivity contribution in [1.29, 1.82) is 5.26 Å². The van der Waals surface area contributed by atoms with Gasteiger partial charge in [0.25, 0.3) is 5.56 Å². The summed E-state index contributed by atoms with van der Waals surface area (Å²) in [7, 11) is 0. The maximum Gasteiger partial charge on any atom is 0.271 e. The summed E-state index contributed by atoms with van der Waals surface area (Å²) < 4.78 is 1.05. The molecule has 92 valence electrons. The van der Waals surface area contributed by atoms with Crippen LogP contribution in [0.4, 0.5) is 0 Å². The molecule has 0 aliphatic carbocycles. The van der Waals surface area contributed by atoms with Crippen molar-refractivity contribution in [2.24, 2.45) is 0 Å². The molecule has 2 N–H and O–H groups in total. The van der Waals surface area contributed by atoms with Gasteiger partial charge in [0.15, 0.2) is 5.88 Å². The number of aromatic nitrogens is 1. The number of rotatable bonds is 3. The topological polar surface area (TPSA) is 86.2 Å². The van der Waals surface area contributed by atoms with E-state index in [-0.39, 0.29) is 18.0 Å². The molecule has 17 heavy (non-hydrogen) atoms. The highest BCUT2D eigenvalue weighted by Gasteiger charge is 2.18. The third-order valence-electron chi connectivity index (χ3n) is 2.72. The molecular formula is C12H16N2O3. The number of aliphatic hydroxyl groups is 1. The predicted molar refractivity (Wildman–Crippen MR) is 62.9 cm³/mol. The summed E-state index contributed by atoms with van der Waals surface area (Å²) in [5.74, 6) is -0.157. The summed E-state index contributed by atoms with van der Waals surface area (Å²) in [6.45, 7) is 4.97. The molecule has 0 saturated carbocycles. The Morgan fingerprint density at radius 3 is 2.53 bits per heavy atom. The number of hydrogen-bond donors (Lipinski definition) is 2. The Bertz CT molecular complexity index is 524. The number of aliphatic hydroxyl groups excluding tert-OH is 1. The first-order valence-corrected chi connectivity index (χ1v) is 5.47. The maximum atomic E-state index is 11.9. The van der Waals surface area contributed by atoms with Gasteiger partial charge in [-0.2, -0.15) is 5.26 Å². The Hall–Kier alpha value is -1.80. The molecular weight excluding hydrogens is 220 g/mol. The van der Waals surface area contributed by atoms with Crippen molar-refractivity contribution in [3.63, 3.8) is 0 Å². The van der Waals surface area contributed by atoms with Crippen molar-refractivity contribution in [2.45, 2.75) is 39.8 Å². The molecule has 1 heterocycles. The van der Waals surface area contributed by atoms with Crippen LogP contribution in [0.25, 0.3) is 0 Å². The molecule has 0 bridgehead atoms. The van der Waals surface area contributed by atoms with Crippen LogP contribution in [0, 0.1) is 18.3 Å². The number of nitrogens with zero attached hydrogens (tertiary/aromatic N) is 2. The summed E-state index contributed by atoms with van der Waals surface area (Å²) >= 11 is 0. The molecule has 1 atom stereocenters. The quantitative estimate of drug-likeness (QED) is 0.807. The Morgan fingerprint density at radius 1 is 1.53 bits per heavy atom. The van der Waals surface area contributed by atoms with Crippen molar-refractivity contribution >= 4 is 0 Å². The summed E-state index contributed by atoms with van der Waals surface area (Å²) in [4.78, 5) is 11.9. The summed E-state index contributed by atoms with van der Waals surface area (Å²) in [6.07, 6.45) is -0.246. The van der Waals surface area contributed by atoms with E-state index >= 15 is 0 Å². The monoisotopic (exact) mass is 236 g/mol. The van der Waals surface area contributed by atoms with E-state index in [0.29, 0.717) is 17.5 Å². The molecule has 1 aromatic heterocycles. The number of nitriles is 1. The first-order chi connectivity index (χ1) is 7.93. The molecule has 0 amide bonds. The molecule has 0 radical (unpaired) electrons. The van der Waals surface area contributed by atoms with Crippen LogP contribution in [-0.2, 0) is 13.0 Å². The SMILES string of the molecule is CCc1c(C)c(C#N)c(=O)n(CC(C)O)c1O. The van der Waals surface area contributed by atoms with Gasteiger partial charge < -0.3 is 10.2 Å². The van der Waals surface area contributed by atoms with Gasteiger partial charge in [-0.05, 0) is 25.8 Å². The third kappa shape index (κ3) is 2.32. The van der Waals surface area contributed by atoms with Crippen LogP contribution in [0.5, 0.6) is 5.88 Å². The van der Waals surface area contributed by atoms with Gasteiger partial charge in [0.1, 0.15) is 11.6 Å². The average Bonchev–Trinajstić information content (AvgIpc) is 2.25. The molecule has 0 aliphatic heterocycles. The van der Waals surface area contributed by atoms with Crippen molar-refractivity contribution in [2.75, 3.05) is 0 Å². The number of pyridine rings is 1. The summed E-state index contributed by atoms with van der Waals surface area (Å²) in [5, 5.41) is 28.2. The fourth-order valence-electron chi connectivity index (χ4n) is 1.86. The van der Waals surface area contributed by atoms with Crippen molar-refractivity contribution < 1.29 is 10.2 Å². The van der Waals surface area contributed by atoms with Gasteiger partial charge in [0, 0.05) is 5.56 Å². The Balaban J connectivity index is 3.61. The van der Waals surface area contributed by atoms with E-state index in [1.807, 2.05) is 13.0 Å². The lowest BCUT2D eigenvalue weighted by Crippen LogP contribution is -2.29. The average molecular weight is 236 g/mol. The highest BCUT2D eigenvalue weighted by atomic mass is 16.3. The van der Waals surface area contributed by atoms with Gasteiger partial charge in [-0.25, -0.2) is 0 Å². The fraction of sp³-hybridized carbons (Fsp3) is 0.500. The van der Waals surface area contributed by atoms with E-state index in [4.69, 9.17) is 5.26 Å². The lowest BCUT2D eigenvalue weighted by atomic mass is 10.0. The molecule has 0 spiro atoms. The minimum atomic E-state index is -0.766. The molecule has 1 aromatic rings. The van der Waals surface area contributed by atoms with Crippen LogP contribution in [0.2, 0.25) is 0 Å². The van der Waals surface area contributed by atoms with E-state index in [2.05, 4.69) is 0 Å². The van der Waals surface area contributed by atoms with E-state index in [1.165, 1.54) is 6.92 Å². The van der Waals surface area contributed by atoms with Gasteiger partial charge in [-0.3, -0.25) is 9.36 Å². The molecule has 0 fully saturated rings. The van der Waals surface area contributed by atoms with Crippen LogP contribution in [0.15, 0.2) is 4.79 Å². The van der Waals surface area contributed by atoms with Crippen molar-refractivity contribution in [3.8, 4) is 11.9 Å². The lowest BCUT2D eigenvalue weighted by molar-refractivity contribution is 0.166. The first-order valence-electron chi connectivity index (χ1n) is 5.47. The van der Waals surface area contributed by atoms with Crippen molar-refractivity contribution in [3.05, 3.63) is 27.0 Å². The van der Waals surface area contributed by atoms with Crippen LogP contribution in [-0.4, -0.2) is 20.9 Å². The highest BCUT2D eigenvalue weighted by molar-refractivity contribution is 5.45. The largest absolute Gasteiger partial charge is 0.494 e. The molecule has 0 aliphatic rings. The molecule has 5 nitrogen and oxygen atoms in total. The first kappa shape index (κ1) is 13.3. The van der Waals surface area contributed by atoms with E-state index in [1.54, 1.807) is 6.92 Å². The smallest absolute Gasteiger partial charge is 0.271 e. The van der Waals surface area contributed by atoms with Crippen LogP contribution >= 0.6 is 0 Å². The van der Waals surface area contributed by atoms with E-state index < -0.39 is 11.7 Å². The summed E-state index contributed by atoms with van der Waals surface area (Å²) in [6, 6.07) is 1.85. The minimum absolute atomic E-state index is 0.0212. The standard InChI is InChI=1S/C12H16N2O3/c1-4-9-8(3)10(5-13)12(17)14(11(9)16)6-7(2)15/h7,15-16H,4,6H2,1-3H3. The maximum absolute atomic E-state index is 11.9. The van der Waals surface area contributed by atoms with E-state index in [9.17, 15) is 15.0 Å². The minimum Gasteiger partial charge on any atom is -0.494 e. The lowest BCUT2D eigenvalue weighted by Gasteiger charge is -2.16. The van der Waals surface area contributed by atoms with Crippen LogP contribution < -0.4 is 5.56 Å². The second-order valence-corrected chi connectivity index (χ2v) is 4.03. The van der Waals surface area contributed by atoms with Crippen LogP contribution in [0.3, 0.4) is 0 Å². The Morgan fingerprint density at radius 2 is 2.12 bits per heavy atom. The second-order valence-electron chi connectivity index (χ2n) is 4.03. The third-order valence-corrected chi connectivity index (χ3v) is 2.72. The van der Waals surface area contributed by atoms with Gasteiger partial charge in [0.2, 0.25) is 0 Å². The second kappa shape index (κ2) is 5.02. The highest BCUT2D eigenvalue weighted by Crippen LogP contribution is 2.22. The zero-order valence-electron chi connectivity index (χ0n) is 10.2. The zero-order valence-corrected chi connectivity index (χ0v) is 10.2. The predicted octanol–water partition coefficient (Wildman–Crippen LogP) is 0.677. The van der Waals surface area contributed by atoms with E-state index in [0.717, 1.165) is 4.57 Å². The van der Waals surface area contributed by atoms with Crippen molar-refractivity contribution in [1.82, 2.24) is 4.57 Å². The van der Waals surface area contributed by atoms with Gasteiger partial charge >= 0.3 is 0 Å². The number of aromatic hydroxyl groups is 1. The number of hydrogen-bond acceptors (Lipinski definition) is 4. The zero-order chi connectivity index (χ0) is 13.2. The molecule has 1 rings (SSSR count). The van der Waals surface area contributed by atoms with Crippen LogP contribution in [0.1, 0.15) is 30.5 Å². The Kier molecular flexibility index (Phi) is 3.92. The van der Waals surface area contributed by atoms with Gasteiger partial charge in [-0.15, -0.1) is 0 Å². The summed E-state index contributed by atoms with van der Waals surface area (Å²) in [5.41, 5.74) is 0.557. The fourth-order valence-corrected chi connectivity index (χ4v) is 1.86. The van der Waals surface area contributed by atoms with Gasteiger partial charge in [0.05, 0.1) is 12.6 Å².